The third-order valence-electron chi connectivity index (χ3n) is 4.43. The van der Waals surface area contributed by atoms with Gasteiger partial charge in [0, 0.05) is 29.2 Å². The van der Waals surface area contributed by atoms with Crippen molar-refractivity contribution < 1.29 is 23.9 Å². The summed E-state index contributed by atoms with van der Waals surface area (Å²) in [4.78, 5) is 37.5. The highest BCUT2D eigenvalue weighted by molar-refractivity contribution is 9.10. The Bertz CT molecular complexity index is 1130. The van der Waals surface area contributed by atoms with E-state index >= 15 is 0 Å². The molecule has 0 spiro atoms. The van der Waals surface area contributed by atoms with Gasteiger partial charge in [0.1, 0.15) is 11.4 Å². The first kappa shape index (κ1) is 23.3. The number of anilines is 1. The second-order valence-corrected chi connectivity index (χ2v) is 7.58. The molecule has 0 aliphatic carbocycles. The Hall–Kier alpha value is -3.37. The number of methoxy groups -OCH3 is 1. The molecular weight excluding hydrogens is 480 g/mol. The highest BCUT2D eigenvalue weighted by Gasteiger charge is 2.21. The van der Waals surface area contributed by atoms with Crippen molar-refractivity contribution >= 4 is 50.2 Å². The molecule has 1 heterocycles. The first-order chi connectivity index (χ1) is 15.4. The number of nitrogens with one attached hydrogen (secondary N) is 3. The molecule has 2 aromatic carbocycles. The van der Waals surface area contributed by atoms with Crippen LogP contribution in [0.1, 0.15) is 17.4 Å². The van der Waals surface area contributed by atoms with Crippen LogP contribution in [0.15, 0.2) is 53.0 Å². The van der Waals surface area contributed by atoms with Gasteiger partial charge in [-0.2, -0.15) is 0 Å². The molecule has 0 radical (unpaired) electrons. The van der Waals surface area contributed by atoms with Gasteiger partial charge >= 0.3 is 11.8 Å². The Morgan fingerprint density at radius 2 is 1.78 bits per heavy atom. The largest absolute Gasteiger partial charge is 0.494 e. The molecular formula is C22H23BrN4O5. The number of carbonyl (C=O) groups is 3. The summed E-state index contributed by atoms with van der Waals surface area (Å²) in [6.45, 7) is 2.89. The number of nitrogens with zero attached hydrogens (tertiary/aromatic N) is 1. The fourth-order valence-corrected chi connectivity index (χ4v) is 3.35. The molecule has 32 heavy (non-hydrogen) atoms. The minimum absolute atomic E-state index is 0.157. The summed E-state index contributed by atoms with van der Waals surface area (Å²) in [5, 5.41) is 5.95. The fourth-order valence-electron chi connectivity index (χ4n) is 2.97. The third-order valence-corrected chi connectivity index (χ3v) is 4.92. The van der Waals surface area contributed by atoms with Gasteiger partial charge in [0.25, 0.3) is 5.91 Å². The van der Waals surface area contributed by atoms with Crippen molar-refractivity contribution in [1.29, 1.82) is 0 Å². The van der Waals surface area contributed by atoms with E-state index in [4.69, 9.17) is 9.47 Å². The molecule has 9 nitrogen and oxygen atoms in total. The number of halogens is 1. The molecule has 1 aromatic heterocycles. The van der Waals surface area contributed by atoms with Crippen LogP contribution in [0, 0.1) is 0 Å². The first-order valence-corrected chi connectivity index (χ1v) is 10.7. The zero-order chi connectivity index (χ0) is 23.1. The second-order valence-electron chi connectivity index (χ2n) is 6.67. The van der Waals surface area contributed by atoms with Crippen molar-refractivity contribution in [3.63, 3.8) is 0 Å². The van der Waals surface area contributed by atoms with Crippen molar-refractivity contribution in [3.05, 3.63) is 58.7 Å². The molecule has 0 saturated heterocycles. The maximum absolute atomic E-state index is 13.0. The molecule has 0 aliphatic rings. The maximum Gasteiger partial charge on any atom is 0.328 e. The molecule has 168 valence electrons. The van der Waals surface area contributed by atoms with Crippen LogP contribution in [-0.4, -0.2) is 49.3 Å². The van der Waals surface area contributed by atoms with E-state index in [9.17, 15) is 14.4 Å². The van der Waals surface area contributed by atoms with Crippen LogP contribution >= 0.6 is 15.9 Å². The summed E-state index contributed by atoms with van der Waals surface area (Å²) in [5.41, 5.74) is 3.77. The van der Waals surface area contributed by atoms with Crippen LogP contribution in [0.5, 0.6) is 5.75 Å². The highest BCUT2D eigenvalue weighted by atomic mass is 79.9. The van der Waals surface area contributed by atoms with E-state index in [1.165, 1.54) is 11.8 Å². The predicted octanol–water partition coefficient (Wildman–Crippen LogP) is 2.89. The molecule has 0 aliphatic heterocycles. The lowest BCUT2D eigenvalue weighted by Gasteiger charge is -2.13. The zero-order valence-corrected chi connectivity index (χ0v) is 19.2. The van der Waals surface area contributed by atoms with Gasteiger partial charge in [-0.25, -0.2) is 4.68 Å². The topological polar surface area (TPSA) is 111 Å². The van der Waals surface area contributed by atoms with Crippen LogP contribution in [0.3, 0.4) is 0 Å². The number of carbonyl (C=O) groups excluding carboxylic acids is 3. The minimum Gasteiger partial charge on any atom is -0.494 e. The number of fused-ring (bicyclic) bond motifs is 1. The van der Waals surface area contributed by atoms with E-state index in [1.807, 2.05) is 13.0 Å². The van der Waals surface area contributed by atoms with Gasteiger partial charge < -0.3 is 20.1 Å². The smallest absolute Gasteiger partial charge is 0.328 e. The molecule has 3 N–H and O–H groups in total. The van der Waals surface area contributed by atoms with Gasteiger partial charge in [-0.1, -0.05) is 15.9 Å². The Kier molecular flexibility index (Phi) is 7.85. The summed E-state index contributed by atoms with van der Waals surface area (Å²) in [5.74, 6) is -1.51. The average molecular weight is 503 g/mol. The number of benzene rings is 2. The van der Waals surface area contributed by atoms with Gasteiger partial charge in [-0.05, 0) is 55.5 Å². The fraction of sp³-hybridized carbons (Fsp3) is 0.227. The van der Waals surface area contributed by atoms with Gasteiger partial charge in [0.2, 0.25) is 0 Å². The van der Waals surface area contributed by atoms with Gasteiger partial charge in [0.15, 0.2) is 0 Å². The number of ether oxygens (including phenoxy) is 2. The van der Waals surface area contributed by atoms with Crippen LogP contribution < -0.4 is 20.8 Å². The average Bonchev–Trinajstić information content (AvgIpc) is 3.12. The number of amides is 3. The molecule has 0 unspecified atom stereocenters. The Labute approximate surface area is 193 Å². The predicted molar refractivity (Wildman–Crippen MR) is 124 cm³/mol. The molecule has 0 fully saturated rings. The molecule has 10 heteroatoms. The monoisotopic (exact) mass is 502 g/mol. The Morgan fingerprint density at radius 3 is 2.47 bits per heavy atom. The van der Waals surface area contributed by atoms with E-state index in [0.29, 0.717) is 28.9 Å². The van der Waals surface area contributed by atoms with E-state index < -0.39 is 17.7 Å². The molecule has 0 bridgehead atoms. The summed E-state index contributed by atoms with van der Waals surface area (Å²) < 4.78 is 12.4. The quantitative estimate of drug-likeness (QED) is 0.324. The molecule has 0 atom stereocenters. The number of hydrogen-bond acceptors (Lipinski definition) is 5. The summed E-state index contributed by atoms with van der Waals surface area (Å²) >= 11 is 3.40. The van der Waals surface area contributed by atoms with E-state index in [-0.39, 0.29) is 18.8 Å². The zero-order valence-electron chi connectivity index (χ0n) is 17.6. The lowest BCUT2D eigenvalue weighted by atomic mass is 10.2. The SMILES string of the molecule is CCOc1ccc(NC(=O)c2cc3cc(Br)ccc3n2NC(=O)C(=O)NCCOC)cc1. The third kappa shape index (κ3) is 5.65. The number of hydrogen-bond donors (Lipinski definition) is 3. The van der Waals surface area contributed by atoms with E-state index in [0.717, 1.165) is 4.47 Å². The maximum atomic E-state index is 13.0. The number of aromatic nitrogens is 1. The number of rotatable bonds is 8. The Morgan fingerprint density at radius 1 is 1.03 bits per heavy atom. The normalized spacial score (nSPS) is 10.6. The van der Waals surface area contributed by atoms with Gasteiger partial charge in [-0.3, -0.25) is 19.8 Å². The van der Waals surface area contributed by atoms with Crippen molar-refractivity contribution in [2.45, 2.75) is 6.92 Å². The van der Waals surface area contributed by atoms with Crippen molar-refractivity contribution in [2.24, 2.45) is 0 Å². The van der Waals surface area contributed by atoms with Gasteiger partial charge in [-0.15, -0.1) is 0 Å². The summed E-state index contributed by atoms with van der Waals surface area (Å²) in [7, 11) is 1.49. The van der Waals surface area contributed by atoms with Crippen LogP contribution in [0.4, 0.5) is 5.69 Å². The van der Waals surface area contributed by atoms with Crippen LogP contribution in [0.25, 0.3) is 10.9 Å². The van der Waals surface area contributed by atoms with Crippen molar-refractivity contribution in [1.82, 2.24) is 9.99 Å². The van der Waals surface area contributed by atoms with Crippen LogP contribution in [0.2, 0.25) is 0 Å². The van der Waals surface area contributed by atoms with Gasteiger partial charge in [0.05, 0.1) is 18.7 Å². The van der Waals surface area contributed by atoms with E-state index in [1.54, 1.807) is 42.5 Å². The lowest BCUT2D eigenvalue weighted by Crippen LogP contribution is -2.40. The second kappa shape index (κ2) is 10.8. The molecule has 3 amide bonds. The molecule has 0 saturated carbocycles. The molecule has 3 aromatic rings. The van der Waals surface area contributed by atoms with Crippen LogP contribution in [-0.2, 0) is 14.3 Å². The summed E-state index contributed by atoms with van der Waals surface area (Å²) in [6.07, 6.45) is 0. The van der Waals surface area contributed by atoms with Crippen molar-refractivity contribution in [2.75, 3.05) is 37.6 Å². The highest BCUT2D eigenvalue weighted by Crippen LogP contribution is 2.24. The summed E-state index contributed by atoms with van der Waals surface area (Å²) in [6, 6.07) is 13.9. The Balaban J connectivity index is 1.86. The first-order valence-electron chi connectivity index (χ1n) is 9.86. The van der Waals surface area contributed by atoms with Crippen molar-refractivity contribution in [3.8, 4) is 5.75 Å². The standard InChI is InChI=1S/C22H23BrN4O5/c1-3-32-17-7-5-16(6-8-17)25-20(28)19-13-14-12-15(23)4-9-18(14)27(19)26-22(30)21(29)24-10-11-31-2/h4-9,12-13H,3,10-11H2,1-2H3,(H,24,29)(H,25,28)(H,26,30). The molecule has 3 rings (SSSR count). The lowest BCUT2D eigenvalue weighted by molar-refractivity contribution is -0.136. The minimum atomic E-state index is -0.906. The van der Waals surface area contributed by atoms with E-state index in [2.05, 4.69) is 32.0 Å².